The summed E-state index contributed by atoms with van der Waals surface area (Å²) in [6, 6.07) is 9.75. The number of nitrogens with two attached hydrogens (primary N) is 1. The minimum absolute atomic E-state index is 0.207. The van der Waals surface area contributed by atoms with Crippen molar-refractivity contribution in [2.45, 2.75) is 12.5 Å². The lowest BCUT2D eigenvalue weighted by Crippen LogP contribution is -2.50. The zero-order chi connectivity index (χ0) is 18.4. The van der Waals surface area contributed by atoms with E-state index in [4.69, 9.17) is 22.1 Å². The molecule has 0 radical (unpaired) electrons. The van der Waals surface area contributed by atoms with Crippen molar-refractivity contribution in [3.05, 3.63) is 40.2 Å². The predicted octanol–water partition coefficient (Wildman–Crippen LogP) is 3.18. The maximum atomic E-state index is 12.8. The molecular weight excluding hydrogens is 378 g/mol. The molecule has 1 aliphatic heterocycles. The van der Waals surface area contributed by atoms with Crippen LogP contribution in [0.1, 0.15) is 12.5 Å². The number of aliphatic imine (C=N–C) groups is 1. The van der Waals surface area contributed by atoms with Crippen LogP contribution in [0.4, 0.5) is 0 Å². The van der Waals surface area contributed by atoms with Crippen LogP contribution in [0.3, 0.4) is 0 Å². The molecule has 0 amide bonds. The first kappa shape index (κ1) is 18.1. The van der Waals surface area contributed by atoms with Gasteiger partial charge in [-0.3, -0.25) is 4.31 Å². The summed E-state index contributed by atoms with van der Waals surface area (Å²) >= 11 is 7.97. The second-order valence-corrected chi connectivity index (χ2v) is 10.2. The van der Waals surface area contributed by atoms with Gasteiger partial charge in [0.25, 0.3) is 0 Å². The average molecular weight is 398 g/mol. The van der Waals surface area contributed by atoms with E-state index in [0.717, 1.165) is 21.8 Å². The fourth-order valence-electron chi connectivity index (χ4n) is 2.85. The molecule has 0 bridgehead atoms. The van der Waals surface area contributed by atoms with Crippen LogP contribution in [0.2, 0.25) is 4.34 Å². The third kappa shape index (κ3) is 3.23. The number of thiophene rings is 1. The molecule has 1 aromatic heterocycles. The molecule has 25 heavy (non-hydrogen) atoms. The fourth-order valence-corrected chi connectivity index (χ4v) is 6.04. The van der Waals surface area contributed by atoms with E-state index in [9.17, 15) is 4.21 Å². The van der Waals surface area contributed by atoms with Crippen LogP contribution in [0, 0.1) is 0 Å². The van der Waals surface area contributed by atoms with E-state index in [1.165, 1.54) is 15.6 Å². The lowest BCUT2D eigenvalue weighted by molar-refractivity contribution is 0.415. The fraction of sp³-hybridized carbons (Fsp3) is 0.294. The minimum atomic E-state index is -2.55. The van der Waals surface area contributed by atoms with Gasteiger partial charge in [0.2, 0.25) is 5.96 Å². The highest BCUT2D eigenvalue weighted by molar-refractivity contribution is 7.98. The molecule has 1 aromatic carbocycles. The van der Waals surface area contributed by atoms with E-state index in [1.54, 1.807) is 14.2 Å². The highest BCUT2D eigenvalue weighted by Gasteiger charge is 2.39. The van der Waals surface area contributed by atoms with Crippen LogP contribution in [-0.2, 0) is 15.2 Å². The third-order valence-corrected chi connectivity index (χ3v) is 7.92. The Morgan fingerprint density at radius 2 is 2.20 bits per heavy atom. The maximum absolute atomic E-state index is 12.8. The second kappa shape index (κ2) is 6.23. The van der Waals surface area contributed by atoms with Gasteiger partial charge in [-0.25, -0.2) is 9.20 Å². The molecule has 2 N–H and O–H groups in total. The van der Waals surface area contributed by atoms with Crippen molar-refractivity contribution in [3.8, 4) is 16.2 Å². The monoisotopic (exact) mass is 397 g/mol. The van der Waals surface area contributed by atoms with E-state index < -0.39 is 15.2 Å². The van der Waals surface area contributed by atoms with Gasteiger partial charge in [-0.15, -0.1) is 11.3 Å². The van der Waals surface area contributed by atoms with Crippen LogP contribution >= 0.6 is 22.9 Å². The highest BCUT2D eigenvalue weighted by Crippen LogP contribution is 2.43. The summed E-state index contributed by atoms with van der Waals surface area (Å²) in [5, 5.41) is 0. The molecule has 0 aliphatic carbocycles. The molecule has 134 valence electrons. The summed E-state index contributed by atoms with van der Waals surface area (Å²) in [5.74, 6) is 5.07. The zero-order valence-corrected chi connectivity index (χ0v) is 16.7. The van der Waals surface area contributed by atoms with E-state index in [0.29, 0.717) is 4.34 Å². The van der Waals surface area contributed by atoms with Gasteiger partial charge >= 0.3 is 0 Å². The highest BCUT2D eigenvalue weighted by atomic mass is 35.5. The first-order valence-corrected chi connectivity index (χ1v) is 10.6. The molecule has 2 heterocycles. The Kier molecular flexibility index (Phi) is 4.51. The molecule has 1 aliphatic rings. The van der Waals surface area contributed by atoms with Gasteiger partial charge in [0.05, 0.1) is 26.9 Å². The molecule has 0 saturated carbocycles. The minimum Gasteiger partial charge on any atom is -0.497 e. The van der Waals surface area contributed by atoms with Crippen molar-refractivity contribution < 1.29 is 8.95 Å². The number of halogens is 1. The summed E-state index contributed by atoms with van der Waals surface area (Å²) in [6.07, 6.45) is 0. The van der Waals surface area contributed by atoms with Crippen molar-refractivity contribution in [1.82, 2.24) is 4.31 Å². The number of methoxy groups -OCH3 is 1. The van der Waals surface area contributed by atoms with Gasteiger partial charge in [-0.1, -0.05) is 23.7 Å². The van der Waals surface area contributed by atoms with Gasteiger partial charge in [-0.05, 0) is 36.6 Å². The van der Waals surface area contributed by atoms with E-state index in [-0.39, 0.29) is 11.7 Å². The normalized spacial score (nSPS) is 26.4. The van der Waals surface area contributed by atoms with Crippen LogP contribution in [0.15, 0.2) is 35.3 Å². The van der Waals surface area contributed by atoms with Gasteiger partial charge in [0.1, 0.15) is 11.3 Å². The Balaban J connectivity index is 2.09. The van der Waals surface area contributed by atoms with Crippen LogP contribution in [0.5, 0.6) is 5.75 Å². The maximum Gasteiger partial charge on any atom is 0.203 e. The molecule has 0 fully saturated rings. The van der Waals surface area contributed by atoms with Crippen LogP contribution < -0.4 is 10.5 Å². The molecule has 0 spiro atoms. The molecule has 2 aromatic rings. The number of hydrogen-bond donors (Lipinski definition) is 1. The van der Waals surface area contributed by atoms with Crippen molar-refractivity contribution in [2.75, 3.05) is 19.9 Å². The SMILES string of the molecule is C=S1(=O)C[C@@](C)(c2cc(-c3cccc(OC)c3)sc2Cl)N=C(N)N1C. The zero-order valence-electron chi connectivity index (χ0n) is 14.3. The molecular formula is C17H20ClN3O2S2. The Morgan fingerprint density at radius 3 is 2.84 bits per heavy atom. The largest absolute Gasteiger partial charge is 0.497 e. The van der Waals surface area contributed by atoms with Crippen LogP contribution in [0.25, 0.3) is 10.4 Å². The summed E-state index contributed by atoms with van der Waals surface area (Å²) in [4.78, 5) is 5.55. The Morgan fingerprint density at radius 1 is 1.48 bits per heavy atom. The Bertz CT molecular complexity index is 953. The number of benzene rings is 1. The Labute approximate surface area is 157 Å². The lowest BCUT2D eigenvalue weighted by atomic mass is 9.96. The van der Waals surface area contributed by atoms with Crippen molar-refractivity contribution in [3.63, 3.8) is 0 Å². The molecule has 3 rings (SSSR count). The third-order valence-electron chi connectivity index (χ3n) is 4.31. The van der Waals surface area contributed by atoms with Crippen molar-refractivity contribution in [1.29, 1.82) is 0 Å². The molecule has 8 heteroatoms. The van der Waals surface area contributed by atoms with E-state index in [1.807, 2.05) is 37.3 Å². The standard InChI is InChI=1S/C17H20ClN3O2S2/c1-17(10-25(4,22)21(2)16(19)20-17)13-9-14(24-15(13)18)11-6-5-7-12(8-11)23-3/h5-9H,4,10H2,1-3H3,(H2,19,20)/t17-,25?/m0/s1. The summed E-state index contributed by atoms with van der Waals surface area (Å²) in [5.41, 5.74) is 7.01. The number of nitrogens with zero attached hydrogens (tertiary/aromatic N) is 2. The topological polar surface area (TPSA) is 67.9 Å². The van der Waals surface area contributed by atoms with Gasteiger partial charge < -0.3 is 10.5 Å². The first-order valence-electron chi connectivity index (χ1n) is 7.55. The molecule has 2 atom stereocenters. The lowest BCUT2D eigenvalue weighted by Gasteiger charge is -2.37. The summed E-state index contributed by atoms with van der Waals surface area (Å²) < 4.78 is 20.1. The Hall–Kier alpha value is -1.70. The second-order valence-electron chi connectivity index (χ2n) is 6.19. The molecule has 5 nitrogen and oxygen atoms in total. The first-order chi connectivity index (χ1) is 11.7. The number of hydrogen-bond acceptors (Lipinski definition) is 5. The smallest absolute Gasteiger partial charge is 0.203 e. The van der Waals surface area contributed by atoms with Gasteiger partial charge in [0.15, 0.2) is 0 Å². The van der Waals surface area contributed by atoms with E-state index >= 15 is 0 Å². The predicted molar refractivity (Wildman–Crippen MR) is 108 cm³/mol. The number of rotatable bonds is 3. The summed E-state index contributed by atoms with van der Waals surface area (Å²) in [7, 11) is 0.731. The summed E-state index contributed by atoms with van der Waals surface area (Å²) in [6.45, 7) is 1.89. The van der Waals surface area contributed by atoms with Crippen LogP contribution in [-0.4, -0.2) is 40.3 Å². The molecule has 0 saturated heterocycles. The number of ether oxygens (including phenoxy) is 1. The molecule has 1 unspecified atom stereocenters. The van der Waals surface area contributed by atoms with E-state index in [2.05, 4.69) is 10.9 Å². The van der Waals surface area contributed by atoms with Crippen molar-refractivity contribution in [2.24, 2.45) is 10.7 Å². The average Bonchev–Trinajstić information content (AvgIpc) is 2.95. The van der Waals surface area contributed by atoms with Gasteiger partial charge in [-0.2, -0.15) is 0 Å². The number of guanidine groups is 1. The quantitative estimate of drug-likeness (QED) is 0.808. The van der Waals surface area contributed by atoms with Crippen molar-refractivity contribution >= 4 is 44.5 Å². The van der Waals surface area contributed by atoms with Gasteiger partial charge in [0, 0.05) is 17.5 Å².